The highest BCUT2D eigenvalue weighted by molar-refractivity contribution is 5.67. The number of nitro groups is 1. The van der Waals surface area contributed by atoms with Gasteiger partial charge in [0.05, 0.1) is 4.92 Å². The van der Waals surface area contributed by atoms with Crippen molar-refractivity contribution in [3.05, 3.63) is 69.8 Å². The van der Waals surface area contributed by atoms with Crippen molar-refractivity contribution in [1.82, 2.24) is 5.32 Å². The highest BCUT2D eigenvalue weighted by atomic mass is 16.6. The van der Waals surface area contributed by atoms with Crippen LogP contribution < -0.4 is 11.1 Å². The molecule has 3 N–H and O–H groups in total. The van der Waals surface area contributed by atoms with Crippen LogP contribution in [-0.4, -0.2) is 11.0 Å². The molecule has 0 heterocycles. The molecule has 0 spiro atoms. The third kappa shape index (κ3) is 4.48. The monoisotopic (exact) mass is 301 g/mol. The number of ether oxygens (including phenoxy) is 1. The molecule has 0 saturated carbocycles. The number of carbonyl (C=O) groups is 1. The van der Waals surface area contributed by atoms with Gasteiger partial charge >= 0.3 is 6.09 Å². The van der Waals surface area contributed by atoms with Crippen LogP contribution >= 0.6 is 0 Å². The fourth-order valence-corrected chi connectivity index (χ4v) is 1.72. The van der Waals surface area contributed by atoms with Crippen LogP contribution in [-0.2, 0) is 17.9 Å². The molecule has 0 fully saturated rings. The van der Waals surface area contributed by atoms with Crippen molar-refractivity contribution in [2.45, 2.75) is 13.2 Å². The number of amides is 1. The molecule has 0 saturated heterocycles. The number of carbonyl (C=O) groups excluding carboxylic acids is 1. The van der Waals surface area contributed by atoms with Gasteiger partial charge in [0.15, 0.2) is 0 Å². The molecule has 0 radical (unpaired) electrons. The molecular formula is C15H15N3O4. The van der Waals surface area contributed by atoms with Crippen LogP contribution in [0.4, 0.5) is 16.2 Å². The Balaban J connectivity index is 1.77. The quantitative estimate of drug-likeness (QED) is 0.501. The van der Waals surface area contributed by atoms with E-state index in [0.717, 1.165) is 5.56 Å². The molecule has 7 nitrogen and oxygen atoms in total. The number of rotatable bonds is 5. The lowest BCUT2D eigenvalue weighted by atomic mass is 10.2. The summed E-state index contributed by atoms with van der Waals surface area (Å²) in [5.74, 6) is 0. The van der Waals surface area contributed by atoms with Gasteiger partial charge in [0.25, 0.3) is 5.69 Å². The van der Waals surface area contributed by atoms with Crippen LogP contribution in [0.3, 0.4) is 0 Å². The average Bonchev–Trinajstić information content (AvgIpc) is 2.52. The molecule has 2 rings (SSSR count). The topological polar surface area (TPSA) is 107 Å². The van der Waals surface area contributed by atoms with Gasteiger partial charge < -0.3 is 15.8 Å². The van der Waals surface area contributed by atoms with Gasteiger partial charge in [-0.15, -0.1) is 0 Å². The van der Waals surface area contributed by atoms with Crippen LogP contribution in [0.25, 0.3) is 0 Å². The molecule has 1 amide bonds. The summed E-state index contributed by atoms with van der Waals surface area (Å²) in [6.45, 7) is 0.380. The molecule has 22 heavy (non-hydrogen) atoms. The van der Waals surface area contributed by atoms with E-state index in [0.29, 0.717) is 17.8 Å². The van der Waals surface area contributed by atoms with Crippen LogP contribution in [0, 0.1) is 10.1 Å². The van der Waals surface area contributed by atoms with E-state index in [1.807, 2.05) is 12.1 Å². The van der Waals surface area contributed by atoms with Gasteiger partial charge in [-0.25, -0.2) is 4.79 Å². The summed E-state index contributed by atoms with van der Waals surface area (Å²) in [6, 6.07) is 12.9. The number of nitrogen functional groups attached to an aromatic ring is 1. The van der Waals surface area contributed by atoms with Gasteiger partial charge in [0.1, 0.15) is 6.61 Å². The fraction of sp³-hybridized carbons (Fsp3) is 0.133. The van der Waals surface area contributed by atoms with Gasteiger partial charge in [-0.2, -0.15) is 0 Å². The summed E-state index contributed by atoms with van der Waals surface area (Å²) in [6.07, 6.45) is -0.560. The molecule has 0 aliphatic carbocycles. The second-order valence-electron chi connectivity index (χ2n) is 4.59. The molecule has 0 aliphatic rings. The Morgan fingerprint density at radius 2 is 1.68 bits per heavy atom. The van der Waals surface area contributed by atoms with Crippen LogP contribution in [0.15, 0.2) is 48.5 Å². The van der Waals surface area contributed by atoms with Gasteiger partial charge in [0.2, 0.25) is 0 Å². The van der Waals surface area contributed by atoms with E-state index in [1.54, 1.807) is 24.3 Å². The maximum atomic E-state index is 11.6. The molecule has 0 unspecified atom stereocenters. The molecule has 114 valence electrons. The predicted octanol–water partition coefficient (Wildman–Crippen LogP) is 2.60. The molecule has 2 aromatic rings. The summed E-state index contributed by atoms with van der Waals surface area (Å²) < 4.78 is 5.03. The van der Waals surface area contributed by atoms with E-state index in [9.17, 15) is 14.9 Å². The lowest BCUT2D eigenvalue weighted by Crippen LogP contribution is -2.23. The van der Waals surface area contributed by atoms with Crippen molar-refractivity contribution >= 4 is 17.5 Å². The van der Waals surface area contributed by atoms with E-state index in [1.165, 1.54) is 12.1 Å². The van der Waals surface area contributed by atoms with Gasteiger partial charge in [0, 0.05) is 24.4 Å². The Morgan fingerprint density at radius 1 is 1.09 bits per heavy atom. The Bertz CT molecular complexity index is 653. The number of nitro benzene ring substituents is 1. The number of hydrogen-bond donors (Lipinski definition) is 2. The molecule has 7 heteroatoms. The summed E-state index contributed by atoms with van der Waals surface area (Å²) in [4.78, 5) is 21.6. The number of nitrogens with one attached hydrogen (secondary N) is 1. The summed E-state index contributed by atoms with van der Waals surface area (Å²) in [7, 11) is 0. The van der Waals surface area contributed by atoms with Gasteiger partial charge in [-0.05, 0) is 35.4 Å². The number of hydrogen-bond acceptors (Lipinski definition) is 5. The Hall–Kier alpha value is -3.09. The second kappa shape index (κ2) is 7.07. The van der Waals surface area contributed by atoms with Gasteiger partial charge in [-0.1, -0.05) is 12.1 Å². The maximum absolute atomic E-state index is 11.6. The number of benzene rings is 2. The molecule has 0 atom stereocenters. The van der Waals surface area contributed by atoms with Crippen molar-refractivity contribution < 1.29 is 14.5 Å². The first-order valence-corrected chi connectivity index (χ1v) is 6.53. The summed E-state index contributed by atoms with van der Waals surface area (Å²) in [5, 5.41) is 13.1. The highest BCUT2D eigenvalue weighted by Crippen LogP contribution is 2.12. The zero-order valence-electron chi connectivity index (χ0n) is 11.7. The minimum Gasteiger partial charge on any atom is -0.445 e. The zero-order chi connectivity index (χ0) is 15.9. The van der Waals surface area contributed by atoms with Crippen LogP contribution in [0.2, 0.25) is 0 Å². The molecule has 0 aliphatic heterocycles. The number of alkyl carbamates (subject to hydrolysis) is 1. The predicted molar refractivity (Wildman–Crippen MR) is 81.0 cm³/mol. The minimum absolute atomic E-state index is 0.00319. The lowest BCUT2D eigenvalue weighted by molar-refractivity contribution is -0.384. The van der Waals surface area contributed by atoms with Crippen molar-refractivity contribution in [2.24, 2.45) is 0 Å². The SMILES string of the molecule is Nc1ccc(CNC(=O)OCc2ccc([N+](=O)[O-])cc2)cc1. The Labute approximate surface area is 126 Å². The first-order chi connectivity index (χ1) is 10.5. The minimum atomic E-state index is -0.560. The maximum Gasteiger partial charge on any atom is 0.407 e. The summed E-state index contributed by atoms with van der Waals surface area (Å²) in [5.41, 5.74) is 7.80. The fourth-order valence-electron chi connectivity index (χ4n) is 1.72. The first-order valence-electron chi connectivity index (χ1n) is 6.53. The number of nitrogens with zero attached hydrogens (tertiary/aromatic N) is 1. The van der Waals surface area contributed by atoms with Crippen molar-refractivity contribution in [3.63, 3.8) is 0 Å². The average molecular weight is 301 g/mol. The number of non-ortho nitro benzene ring substituents is 1. The lowest BCUT2D eigenvalue weighted by Gasteiger charge is -2.07. The van der Waals surface area contributed by atoms with Crippen molar-refractivity contribution in [3.8, 4) is 0 Å². The van der Waals surface area contributed by atoms with Gasteiger partial charge in [-0.3, -0.25) is 10.1 Å². The van der Waals surface area contributed by atoms with Crippen LogP contribution in [0.1, 0.15) is 11.1 Å². The van der Waals surface area contributed by atoms with Crippen LogP contribution in [0.5, 0.6) is 0 Å². The standard InChI is InChI=1S/C15H15N3O4/c16-13-5-1-11(2-6-13)9-17-15(19)22-10-12-3-7-14(8-4-12)18(20)21/h1-8H,9-10,16H2,(H,17,19). The van der Waals surface area contributed by atoms with Crippen molar-refractivity contribution in [1.29, 1.82) is 0 Å². The third-order valence-electron chi connectivity index (χ3n) is 2.93. The Morgan fingerprint density at radius 3 is 2.27 bits per heavy atom. The van der Waals surface area contributed by atoms with E-state index in [-0.39, 0.29) is 12.3 Å². The normalized spacial score (nSPS) is 10.0. The smallest absolute Gasteiger partial charge is 0.407 e. The second-order valence-corrected chi connectivity index (χ2v) is 4.59. The van der Waals surface area contributed by atoms with Crippen molar-refractivity contribution in [2.75, 3.05) is 5.73 Å². The van der Waals surface area contributed by atoms with E-state index in [4.69, 9.17) is 10.5 Å². The Kier molecular flexibility index (Phi) is 4.92. The van der Waals surface area contributed by atoms with E-state index < -0.39 is 11.0 Å². The zero-order valence-corrected chi connectivity index (χ0v) is 11.7. The highest BCUT2D eigenvalue weighted by Gasteiger charge is 2.06. The molecular weight excluding hydrogens is 286 g/mol. The number of nitrogens with two attached hydrogens (primary N) is 1. The largest absolute Gasteiger partial charge is 0.445 e. The van der Waals surface area contributed by atoms with E-state index in [2.05, 4.69) is 5.32 Å². The molecule has 0 bridgehead atoms. The third-order valence-corrected chi connectivity index (χ3v) is 2.93. The first kappa shape index (κ1) is 15.3. The number of anilines is 1. The molecule has 2 aromatic carbocycles. The summed E-state index contributed by atoms with van der Waals surface area (Å²) >= 11 is 0. The van der Waals surface area contributed by atoms with E-state index >= 15 is 0 Å². The molecule has 0 aromatic heterocycles.